The van der Waals surface area contributed by atoms with E-state index in [0.717, 1.165) is 18.3 Å². The van der Waals surface area contributed by atoms with Gasteiger partial charge in [-0.15, -0.1) is 0 Å². The van der Waals surface area contributed by atoms with Crippen molar-refractivity contribution in [1.29, 1.82) is 0 Å². The Morgan fingerprint density at radius 1 is 1.28 bits per heavy atom. The lowest BCUT2D eigenvalue weighted by molar-refractivity contribution is -0.136. The molecule has 2 aromatic rings. The van der Waals surface area contributed by atoms with Crippen molar-refractivity contribution in [2.75, 3.05) is 5.32 Å². The van der Waals surface area contributed by atoms with Crippen molar-refractivity contribution >= 4 is 11.6 Å². The first-order valence-electron chi connectivity index (χ1n) is 4.73. The lowest BCUT2D eigenvalue weighted by Gasteiger charge is -2.12. The highest BCUT2D eigenvalue weighted by molar-refractivity contribution is 6.02. The number of nitrogens with one attached hydrogen (secondary N) is 1. The van der Waals surface area contributed by atoms with Gasteiger partial charge in [-0.3, -0.25) is 4.79 Å². The molecule has 1 amide bonds. The number of alkyl halides is 3. The molecule has 0 atom stereocenters. The summed E-state index contributed by atoms with van der Waals surface area (Å²) < 4.78 is 42.1. The van der Waals surface area contributed by atoms with Crippen LogP contribution < -0.4 is 5.32 Å². The smallest absolute Gasteiger partial charge is 0.320 e. The molecule has 8 heteroatoms. The van der Waals surface area contributed by atoms with E-state index in [0.29, 0.717) is 0 Å². The van der Waals surface area contributed by atoms with Crippen LogP contribution in [-0.4, -0.2) is 16.2 Å². The number of hydrogen-bond donors (Lipinski definition) is 1. The van der Waals surface area contributed by atoms with Gasteiger partial charge in [0.05, 0.1) is 11.3 Å². The quantitative estimate of drug-likeness (QED) is 0.896. The van der Waals surface area contributed by atoms with Gasteiger partial charge < -0.3 is 5.32 Å². The molecular weight excluding hydrogens is 251 g/mol. The Hall–Kier alpha value is -2.38. The van der Waals surface area contributed by atoms with Crippen molar-refractivity contribution in [3.63, 3.8) is 0 Å². The summed E-state index contributed by atoms with van der Waals surface area (Å²) in [5, 5.41) is 8.51. The summed E-state index contributed by atoms with van der Waals surface area (Å²) in [4.78, 5) is 11.5. The summed E-state index contributed by atoms with van der Waals surface area (Å²) in [7, 11) is 0. The second-order valence-electron chi connectivity index (χ2n) is 3.29. The van der Waals surface area contributed by atoms with Gasteiger partial charge in [0.25, 0.3) is 5.91 Å². The van der Waals surface area contributed by atoms with Gasteiger partial charge >= 0.3 is 6.18 Å². The molecular formula is C10H6F3N3O2. The Labute approximate surface area is 98.6 Å². The van der Waals surface area contributed by atoms with Crippen molar-refractivity contribution in [1.82, 2.24) is 10.3 Å². The number of nitrogens with zero attached hydrogens (tertiary/aromatic N) is 2. The molecule has 0 bridgehead atoms. The van der Waals surface area contributed by atoms with Crippen molar-refractivity contribution in [3.8, 4) is 0 Å². The standard InChI is InChI=1S/C10H6F3N3O2/c11-10(12,13)6-3-1-2-4-7(6)15-9(17)8-5-14-18-16-8/h1-5H,(H,15,17). The van der Waals surface area contributed by atoms with E-state index in [2.05, 4.69) is 20.3 Å². The third-order valence-electron chi connectivity index (χ3n) is 2.07. The van der Waals surface area contributed by atoms with Crippen LogP contribution >= 0.6 is 0 Å². The molecule has 0 saturated heterocycles. The number of rotatable bonds is 2. The molecule has 1 aromatic heterocycles. The lowest BCUT2D eigenvalue weighted by Crippen LogP contribution is -2.16. The van der Waals surface area contributed by atoms with Crippen molar-refractivity contribution in [2.45, 2.75) is 6.18 Å². The Kier molecular flexibility index (Phi) is 3.00. The molecule has 1 N–H and O–H groups in total. The summed E-state index contributed by atoms with van der Waals surface area (Å²) in [6.45, 7) is 0. The van der Waals surface area contributed by atoms with Gasteiger partial charge in [0.1, 0.15) is 6.20 Å². The van der Waals surface area contributed by atoms with Crippen LogP contribution in [-0.2, 0) is 6.18 Å². The van der Waals surface area contributed by atoms with Crippen LogP contribution in [0.1, 0.15) is 16.1 Å². The number of carbonyl (C=O) groups is 1. The fraction of sp³-hybridized carbons (Fsp3) is 0.100. The van der Waals surface area contributed by atoms with E-state index >= 15 is 0 Å². The average molecular weight is 257 g/mol. The number of amides is 1. The van der Waals surface area contributed by atoms with Crippen LogP contribution in [0.5, 0.6) is 0 Å². The summed E-state index contributed by atoms with van der Waals surface area (Å²) in [5.74, 6) is -0.826. The van der Waals surface area contributed by atoms with E-state index in [1.165, 1.54) is 12.1 Å². The van der Waals surface area contributed by atoms with Gasteiger partial charge in [-0.05, 0) is 17.3 Å². The minimum Gasteiger partial charge on any atom is -0.320 e. The summed E-state index contributed by atoms with van der Waals surface area (Å²) in [5.41, 5.74) is -1.49. The number of anilines is 1. The molecule has 0 radical (unpaired) electrons. The predicted octanol–water partition coefficient (Wildman–Crippen LogP) is 2.34. The lowest BCUT2D eigenvalue weighted by atomic mass is 10.1. The van der Waals surface area contributed by atoms with E-state index in [4.69, 9.17) is 0 Å². The zero-order chi connectivity index (χ0) is 13.2. The zero-order valence-electron chi connectivity index (χ0n) is 8.73. The highest BCUT2D eigenvalue weighted by Gasteiger charge is 2.33. The van der Waals surface area contributed by atoms with E-state index in [9.17, 15) is 18.0 Å². The maximum atomic E-state index is 12.6. The number of halogens is 3. The minimum atomic E-state index is -4.55. The maximum Gasteiger partial charge on any atom is 0.418 e. The first-order chi connectivity index (χ1) is 8.48. The van der Waals surface area contributed by atoms with Crippen LogP contribution in [0, 0.1) is 0 Å². The van der Waals surface area contributed by atoms with Crippen LogP contribution in [0.15, 0.2) is 35.1 Å². The van der Waals surface area contributed by atoms with Crippen LogP contribution in [0.2, 0.25) is 0 Å². The molecule has 94 valence electrons. The molecule has 1 heterocycles. The topological polar surface area (TPSA) is 68.0 Å². The molecule has 18 heavy (non-hydrogen) atoms. The summed E-state index contributed by atoms with van der Waals surface area (Å²) in [6, 6.07) is 4.63. The molecule has 0 saturated carbocycles. The monoisotopic (exact) mass is 257 g/mol. The molecule has 0 fully saturated rings. The molecule has 2 rings (SSSR count). The molecule has 0 aliphatic carbocycles. The van der Waals surface area contributed by atoms with Crippen LogP contribution in [0.3, 0.4) is 0 Å². The summed E-state index contributed by atoms with van der Waals surface area (Å²) in [6.07, 6.45) is -3.54. The van der Waals surface area contributed by atoms with Gasteiger partial charge in [0.2, 0.25) is 0 Å². The Morgan fingerprint density at radius 2 is 2.00 bits per heavy atom. The highest BCUT2D eigenvalue weighted by Crippen LogP contribution is 2.34. The van der Waals surface area contributed by atoms with Gasteiger partial charge in [-0.2, -0.15) is 13.2 Å². The Morgan fingerprint density at radius 3 is 2.61 bits per heavy atom. The SMILES string of the molecule is O=C(Nc1ccccc1C(F)(F)F)c1cnon1. The summed E-state index contributed by atoms with van der Waals surface area (Å²) >= 11 is 0. The molecule has 0 spiro atoms. The highest BCUT2D eigenvalue weighted by atomic mass is 19.4. The third-order valence-corrected chi connectivity index (χ3v) is 2.07. The Bertz CT molecular complexity index is 552. The molecule has 1 aromatic carbocycles. The van der Waals surface area contributed by atoms with E-state index in [1.54, 1.807) is 0 Å². The second-order valence-corrected chi connectivity index (χ2v) is 3.29. The van der Waals surface area contributed by atoms with E-state index in [1.807, 2.05) is 0 Å². The van der Waals surface area contributed by atoms with Gasteiger partial charge in [-0.1, -0.05) is 17.3 Å². The van der Waals surface area contributed by atoms with Crippen molar-refractivity contribution in [3.05, 3.63) is 41.7 Å². The molecule has 0 aliphatic rings. The Balaban J connectivity index is 2.27. The van der Waals surface area contributed by atoms with Crippen LogP contribution in [0.4, 0.5) is 18.9 Å². The van der Waals surface area contributed by atoms with Gasteiger partial charge in [0, 0.05) is 0 Å². The zero-order valence-corrected chi connectivity index (χ0v) is 8.73. The number of benzene rings is 1. The normalized spacial score (nSPS) is 11.3. The number of hydrogen-bond acceptors (Lipinski definition) is 4. The third kappa shape index (κ3) is 2.47. The average Bonchev–Trinajstić information content (AvgIpc) is 2.81. The van der Waals surface area contributed by atoms with E-state index < -0.39 is 17.6 Å². The van der Waals surface area contributed by atoms with Crippen LogP contribution in [0.25, 0.3) is 0 Å². The second kappa shape index (κ2) is 4.47. The predicted molar refractivity (Wildman–Crippen MR) is 53.7 cm³/mol. The minimum absolute atomic E-state index is 0.202. The maximum absolute atomic E-state index is 12.6. The fourth-order valence-electron chi connectivity index (χ4n) is 1.29. The van der Waals surface area contributed by atoms with Gasteiger partial charge in [-0.25, -0.2) is 4.63 Å². The van der Waals surface area contributed by atoms with E-state index in [-0.39, 0.29) is 11.4 Å². The molecule has 0 aliphatic heterocycles. The first-order valence-corrected chi connectivity index (χ1v) is 4.73. The number of aromatic nitrogens is 2. The first kappa shape index (κ1) is 12.1. The number of para-hydroxylation sites is 1. The van der Waals surface area contributed by atoms with Crippen molar-refractivity contribution in [2.24, 2.45) is 0 Å². The number of carbonyl (C=O) groups excluding carboxylic acids is 1. The van der Waals surface area contributed by atoms with Crippen molar-refractivity contribution < 1.29 is 22.6 Å². The molecule has 0 unspecified atom stereocenters. The van der Waals surface area contributed by atoms with Gasteiger partial charge in [0.15, 0.2) is 5.69 Å². The fourth-order valence-corrected chi connectivity index (χ4v) is 1.29. The largest absolute Gasteiger partial charge is 0.418 e. The molecule has 5 nitrogen and oxygen atoms in total.